The minimum absolute atomic E-state index is 0.491. The van der Waals surface area contributed by atoms with Crippen LogP contribution < -0.4 is 5.32 Å². The number of hydrogen-bond acceptors (Lipinski definition) is 5. The zero-order valence-electron chi connectivity index (χ0n) is 11.7. The van der Waals surface area contributed by atoms with E-state index in [1.807, 2.05) is 36.4 Å². The van der Waals surface area contributed by atoms with Crippen molar-refractivity contribution >= 4 is 17.5 Å². The molecule has 0 spiro atoms. The van der Waals surface area contributed by atoms with Crippen molar-refractivity contribution in [1.82, 2.24) is 20.2 Å². The number of anilines is 1. The van der Waals surface area contributed by atoms with Crippen LogP contribution in [0.25, 0.3) is 11.3 Å². The highest BCUT2D eigenvalue weighted by Gasteiger charge is 2.07. The van der Waals surface area contributed by atoms with E-state index in [1.54, 1.807) is 10.8 Å². The van der Waals surface area contributed by atoms with E-state index in [4.69, 9.17) is 16.0 Å². The molecule has 7 heteroatoms. The van der Waals surface area contributed by atoms with Gasteiger partial charge in [-0.3, -0.25) is 0 Å². The zero-order valence-corrected chi connectivity index (χ0v) is 12.5. The third-order valence-electron chi connectivity index (χ3n) is 3.05. The molecule has 22 heavy (non-hydrogen) atoms. The Morgan fingerprint density at radius 1 is 1.23 bits per heavy atom. The fourth-order valence-corrected chi connectivity index (χ4v) is 2.11. The van der Waals surface area contributed by atoms with Crippen LogP contribution in [0, 0.1) is 0 Å². The Bertz CT molecular complexity index is 762. The molecule has 0 saturated heterocycles. The molecule has 1 aromatic carbocycles. The first-order valence-electron chi connectivity index (χ1n) is 6.72. The van der Waals surface area contributed by atoms with E-state index in [0.717, 1.165) is 17.1 Å². The van der Waals surface area contributed by atoms with Crippen LogP contribution in [0.2, 0.25) is 5.02 Å². The monoisotopic (exact) mass is 315 g/mol. The van der Waals surface area contributed by atoms with Gasteiger partial charge in [-0.25, -0.2) is 4.68 Å². The Hall–Kier alpha value is -2.60. The molecule has 0 aliphatic rings. The van der Waals surface area contributed by atoms with Crippen LogP contribution in [-0.4, -0.2) is 20.2 Å². The molecule has 0 radical (unpaired) electrons. The third kappa shape index (κ3) is 3.17. The van der Waals surface area contributed by atoms with Crippen LogP contribution in [0.5, 0.6) is 0 Å². The number of allylic oxidation sites excluding steroid dienone is 1. The van der Waals surface area contributed by atoms with E-state index >= 15 is 0 Å². The molecule has 2 aromatic heterocycles. The molecule has 2 heterocycles. The standard InChI is InChI=1S/C15H14ClN5O/c1-2-9-21-15(18-19-20-21)17-10-13-7-8-14(22-13)11-3-5-12(16)6-4-11/h2-8H,1,9-10H2,(H,17,18,20). The van der Waals surface area contributed by atoms with E-state index in [-0.39, 0.29) is 0 Å². The maximum absolute atomic E-state index is 5.88. The van der Waals surface area contributed by atoms with E-state index < -0.39 is 0 Å². The van der Waals surface area contributed by atoms with Crippen molar-refractivity contribution < 1.29 is 4.42 Å². The molecule has 3 aromatic rings. The second-order valence-electron chi connectivity index (χ2n) is 4.60. The lowest BCUT2D eigenvalue weighted by Crippen LogP contribution is -2.07. The highest BCUT2D eigenvalue weighted by Crippen LogP contribution is 2.24. The van der Waals surface area contributed by atoms with Crippen LogP contribution in [0.1, 0.15) is 5.76 Å². The molecule has 6 nitrogen and oxygen atoms in total. The first kappa shape index (κ1) is 14.3. The van der Waals surface area contributed by atoms with Crippen molar-refractivity contribution in [2.75, 3.05) is 5.32 Å². The molecule has 0 aliphatic heterocycles. The molecular formula is C15H14ClN5O. The summed E-state index contributed by atoms with van der Waals surface area (Å²) in [5.41, 5.74) is 0.979. The number of tetrazole rings is 1. The Kier molecular flexibility index (Phi) is 4.20. The second kappa shape index (κ2) is 6.44. The van der Waals surface area contributed by atoms with E-state index in [1.165, 1.54) is 0 Å². The largest absolute Gasteiger partial charge is 0.459 e. The van der Waals surface area contributed by atoms with Gasteiger partial charge in [0.1, 0.15) is 11.5 Å². The normalized spacial score (nSPS) is 10.6. The fraction of sp³-hybridized carbons (Fsp3) is 0.133. The Balaban J connectivity index is 1.68. The van der Waals surface area contributed by atoms with E-state index in [2.05, 4.69) is 27.4 Å². The quantitative estimate of drug-likeness (QED) is 0.706. The van der Waals surface area contributed by atoms with Gasteiger partial charge in [0.2, 0.25) is 5.95 Å². The van der Waals surface area contributed by atoms with Gasteiger partial charge in [0.05, 0.1) is 13.1 Å². The van der Waals surface area contributed by atoms with Gasteiger partial charge in [-0.1, -0.05) is 22.8 Å². The number of hydrogen-bond donors (Lipinski definition) is 1. The Morgan fingerprint density at radius 2 is 2.05 bits per heavy atom. The fourth-order valence-electron chi connectivity index (χ4n) is 1.98. The Morgan fingerprint density at radius 3 is 2.82 bits per heavy atom. The van der Waals surface area contributed by atoms with E-state index in [0.29, 0.717) is 24.1 Å². The van der Waals surface area contributed by atoms with Gasteiger partial charge in [-0.05, 0) is 46.8 Å². The maximum Gasteiger partial charge on any atom is 0.243 e. The highest BCUT2D eigenvalue weighted by molar-refractivity contribution is 6.30. The van der Waals surface area contributed by atoms with Crippen molar-refractivity contribution in [3.63, 3.8) is 0 Å². The summed E-state index contributed by atoms with van der Waals surface area (Å²) in [5.74, 6) is 2.15. The molecule has 0 unspecified atom stereocenters. The minimum atomic E-state index is 0.491. The first-order chi connectivity index (χ1) is 10.8. The average Bonchev–Trinajstić information content (AvgIpc) is 3.16. The number of furan rings is 1. The number of benzene rings is 1. The summed E-state index contributed by atoms with van der Waals surface area (Å²) in [7, 11) is 0. The second-order valence-corrected chi connectivity index (χ2v) is 5.04. The average molecular weight is 316 g/mol. The SMILES string of the molecule is C=CCn1nnnc1NCc1ccc(-c2ccc(Cl)cc2)o1. The number of nitrogens with zero attached hydrogens (tertiary/aromatic N) is 4. The van der Waals surface area contributed by atoms with Crippen molar-refractivity contribution in [3.8, 4) is 11.3 Å². The van der Waals surface area contributed by atoms with Gasteiger partial charge in [0, 0.05) is 10.6 Å². The molecule has 0 saturated carbocycles. The Labute approximate surface area is 132 Å². The van der Waals surface area contributed by atoms with Crippen LogP contribution in [0.4, 0.5) is 5.95 Å². The van der Waals surface area contributed by atoms with Gasteiger partial charge in [-0.15, -0.1) is 6.58 Å². The summed E-state index contributed by atoms with van der Waals surface area (Å²) >= 11 is 5.88. The summed E-state index contributed by atoms with van der Waals surface area (Å²) in [5, 5.41) is 15.2. The predicted octanol–water partition coefficient (Wildman–Crippen LogP) is 3.38. The van der Waals surface area contributed by atoms with Gasteiger partial charge in [-0.2, -0.15) is 0 Å². The topological polar surface area (TPSA) is 68.8 Å². The smallest absolute Gasteiger partial charge is 0.243 e. The molecule has 1 N–H and O–H groups in total. The molecule has 0 fully saturated rings. The summed E-state index contributed by atoms with van der Waals surface area (Å²) in [6.07, 6.45) is 1.73. The van der Waals surface area contributed by atoms with Crippen molar-refractivity contribution in [2.45, 2.75) is 13.1 Å². The van der Waals surface area contributed by atoms with Gasteiger partial charge < -0.3 is 9.73 Å². The van der Waals surface area contributed by atoms with Crippen molar-refractivity contribution in [2.24, 2.45) is 0 Å². The maximum atomic E-state index is 5.88. The van der Waals surface area contributed by atoms with Crippen LogP contribution in [0.15, 0.2) is 53.5 Å². The number of halogens is 1. The molecule has 3 rings (SSSR count). The van der Waals surface area contributed by atoms with Crippen molar-refractivity contribution in [1.29, 1.82) is 0 Å². The molecular weight excluding hydrogens is 302 g/mol. The van der Waals surface area contributed by atoms with Crippen molar-refractivity contribution in [3.05, 3.63) is 59.8 Å². The van der Waals surface area contributed by atoms with Crippen LogP contribution in [-0.2, 0) is 13.1 Å². The molecule has 0 amide bonds. The predicted molar refractivity (Wildman–Crippen MR) is 84.5 cm³/mol. The zero-order chi connectivity index (χ0) is 15.4. The molecule has 0 atom stereocenters. The lowest BCUT2D eigenvalue weighted by molar-refractivity contribution is 0.529. The van der Waals surface area contributed by atoms with Gasteiger partial charge in [0.25, 0.3) is 0 Å². The molecule has 112 valence electrons. The minimum Gasteiger partial charge on any atom is -0.459 e. The van der Waals surface area contributed by atoms with Gasteiger partial charge >= 0.3 is 0 Å². The summed E-state index contributed by atoms with van der Waals surface area (Å²) in [6.45, 7) is 4.70. The van der Waals surface area contributed by atoms with Crippen LogP contribution in [0.3, 0.4) is 0 Å². The molecule has 0 aliphatic carbocycles. The third-order valence-corrected chi connectivity index (χ3v) is 3.30. The lowest BCUT2D eigenvalue weighted by atomic mass is 10.2. The van der Waals surface area contributed by atoms with E-state index in [9.17, 15) is 0 Å². The van der Waals surface area contributed by atoms with Crippen LogP contribution >= 0.6 is 11.6 Å². The summed E-state index contributed by atoms with van der Waals surface area (Å²) in [6, 6.07) is 11.3. The lowest BCUT2D eigenvalue weighted by Gasteiger charge is -2.03. The summed E-state index contributed by atoms with van der Waals surface area (Å²) in [4.78, 5) is 0. The number of nitrogens with one attached hydrogen (secondary N) is 1. The first-order valence-corrected chi connectivity index (χ1v) is 7.09. The number of aromatic nitrogens is 4. The molecule has 0 bridgehead atoms. The highest BCUT2D eigenvalue weighted by atomic mass is 35.5. The summed E-state index contributed by atoms with van der Waals surface area (Å²) < 4.78 is 7.43. The van der Waals surface area contributed by atoms with Gasteiger partial charge in [0.15, 0.2) is 0 Å². The number of rotatable bonds is 6.